The van der Waals surface area contributed by atoms with Gasteiger partial charge in [0.2, 0.25) is 0 Å². The smallest absolute Gasteiger partial charge is 0.0266 e. The Kier molecular flexibility index (Phi) is 1.88. The highest BCUT2D eigenvalue weighted by molar-refractivity contribution is 5.14. The summed E-state index contributed by atoms with van der Waals surface area (Å²) in [5, 5.41) is 0. The van der Waals surface area contributed by atoms with E-state index in [4.69, 9.17) is 11.5 Å². The Morgan fingerprint density at radius 2 is 1.67 bits per heavy atom. The molecule has 52 valence electrons. The summed E-state index contributed by atoms with van der Waals surface area (Å²) in [6.45, 7) is 3.83. The van der Waals surface area contributed by atoms with Gasteiger partial charge in [-0.3, -0.25) is 0 Å². The maximum absolute atomic E-state index is 5.69. The van der Waals surface area contributed by atoms with E-state index in [2.05, 4.69) is 6.58 Å². The number of hydrogen-bond acceptors (Lipinski definition) is 2. The van der Waals surface area contributed by atoms with Gasteiger partial charge in [0.25, 0.3) is 0 Å². The highest BCUT2D eigenvalue weighted by Crippen LogP contribution is 2.19. The molecule has 0 spiro atoms. The number of rotatable bonds is 0. The van der Waals surface area contributed by atoms with Gasteiger partial charge in [-0.15, -0.1) is 0 Å². The molecule has 0 bridgehead atoms. The topological polar surface area (TPSA) is 52.0 Å². The summed E-state index contributed by atoms with van der Waals surface area (Å²) in [6, 6.07) is 0.322. The van der Waals surface area contributed by atoms with E-state index in [1.165, 1.54) is 0 Å². The summed E-state index contributed by atoms with van der Waals surface area (Å²) in [4.78, 5) is 0. The molecule has 0 heterocycles. The van der Waals surface area contributed by atoms with E-state index in [-0.39, 0.29) is 12.1 Å². The van der Waals surface area contributed by atoms with Gasteiger partial charge >= 0.3 is 0 Å². The third-order valence-electron chi connectivity index (χ3n) is 1.98. The Morgan fingerprint density at radius 3 is 2.00 bits per heavy atom. The van der Waals surface area contributed by atoms with Crippen molar-refractivity contribution < 1.29 is 0 Å². The van der Waals surface area contributed by atoms with Crippen molar-refractivity contribution in [3.63, 3.8) is 0 Å². The van der Waals surface area contributed by atoms with E-state index >= 15 is 0 Å². The lowest BCUT2D eigenvalue weighted by Gasteiger charge is -2.26. The van der Waals surface area contributed by atoms with E-state index in [0.29, 0.717) is 0 Å². The molecule has 4 N–H and O–H groups in total. The standard InChI is InChI=1S/C7H14N2/c1-5-6(8)3-2-4-7(5)9/h6-7H,1-4,8-9H2/t6-,7-/m1/s1. The number of nitrogens with two attached hydrogens (primary N) is 2. The number of hydrogen-bond donors (Lipinski definition) is 2. The van der Waals surface area contributed by atoms with Crippen molar-refractivity contribution in [2.75, 3.05) is 0 Å². The van der Waals surface area contributed by atoms with Crippen LogP contribution >= 0.6 is 0 Å². The molecule has 9 heavy (non-hydrogen) atoms. The first-order chi connectivity index (χ1) is 4.22. The Bertz CT molecular complexity index is 108. The van der Waals surface area contributed by atoms with Gasteiger partial charge in [-0.1, -0.05) is 6.58 Å². The Hall–Kier alpha value is -0.340. The third kappa shape index (κ3) is 1.32. The fourth-order valence-electron chi connectivity index (χ4n) is 1.20. The van der Waals surface area contributed by atoms with Crippen molar-refractivity contribution in [2.24, 2.45) is 11.5 Å². The minimum absolute atomic E-state index is 0.161. The molecule has 0 amide bonds. The molecule has 2 atom stereocenters. The predicted octanol–water partition coefficient (Wildman–Crippen LogP) is 0.381. The molecule has 0 radical (unpaired) electrons. The summed E-state index contributed by atoms with van der Waals surface area (Å²) >= 11 is 0. The van der Waals surface area contributed by atoms with Crippen molar-refractivity contribution in [1.29, 1.82) is 0 Å². The van der Waals surface area contributed by atoms with Crippen molar-refractivity contribution in [3.8, 4) is 0 Å². The monoisotopic (exact) mass is 126 g/mol. The van der Waals surface area contributed by atoms with Crippen LogP contribution in [0.25, 0.3) is 0 Å². The Balaban J connectivity index is 2.52. The second-order valence-electron chi connectivity index (χ2n) is 2.72. The van der Waals surface area contributed by atoms with Crippen molar-refractivity contribution >= 4 is 0 Å². The molecule has 0 unspecified atom stereocenters. The molecule has 1 saturated carbocycles. The van der Waals surface area contributed by atoms with Crippen molar-refractivity contribution in [2.45, 2.75) is 31.3 Å². The lowest BCUT2D eigenvalue weighted by atomic mass is 9.88. The molecule has 0 aromatic carbocycles. The van der Waals surface area contributed by atoms with E-state index in [1.54, 1.807) is 0 Å². The second kappa shape index (κ2) is 2.50. The van der Waals surface area contributed by atoms with Crippen LogP contribution in [0.15, 0.2) is 12.2 Å². The van der Waals surface area contributed by atoms with Crippen molar-refractivity contribution in [1.82, 2.24) is 0 Å². The molecular formula is C7H14N2. The lowest BCUT2D eigenvalue weighted by molar-refractivity contribution is 0.490. The first-order valence-electron chi connectivity index (χ1n) is 3.41. The fourth-order valence-corrected chi connectivity index (χ4v) is 1.20. The van der Waals surface area contributed by atoms with Crippen LogP contribution in [0.5, 0.6) is 0 Å². The summed E-state index contributed by atoms with van der Waals surface area (Å²) < 4.78 is 0. The lowest BCUT2D eigenvalue weighted by Crippen LogP contribution is -2.38. The van der Waals surface area contributed by atoms with Gasteiger partial charge in [-0.2, -0.15) is 0 Å². The molecule has 1 aliphatic carbocycles. The zero-order valence-corrected chi connectivity index (χ0v) is 5.64. The van der Waals surface area contributed by atoms with Gasteiger partial charge in [0, 0.05) is 12.1 Å². The molecule has 0 aromatic heterocycles. The molecular weight excluding hydrogens is 112 g/mol. The largest absolute Gasteiger partial charge is 0.324 e. The van der Waals surface area contributed by atoms with Crippen LogP contribution in [0.2, 0.25) is 0 Å². The Morgan fingerprint density at radius 1 is 1.22 bits per heavy atom. The molecule has 1 aliphatic rings. The Labute approximate surface area is 55.9 Å². The van der Waals surface area contributed by atoms with E-state index in [0.717, 1.165) is 24.8 Å². The van der Waals surface area contributed by atoms with Crippen LogP contribution in [0, 0.1) is 0 Å². The first-order valence-corrected chi connectivity index (χ1v) is 3.41. The summed E-state index contributed by atoms with van der Waals surface area (Å²) in [5.74, 6) is 0. The zero-order valence-electron chi connectivity index (χ0n) is 5.64. The fraction of sp³-hybridized carbons (Fsp3) is 0.714. The van der Waals surface area contributed by atoms with E-state index in [1.807, 2.05) is 0 Å². The summed E-state index contributed by atoms with van der Waals surface area (Å²) in [6.07, 6.45) is 3.28. The minimum atomic E-state index is 0.161. The average molecular weight is 126 g/mol. The van der Waals surface area contributed by atoms with Crippen LogP contribution in [0.1, 0.15) is 19.3 Å². The van der Waals surface area contributed by atoms with Gasteiger partial charge in [-0.25, -0.2) is 0 Å². The van der Waals surface area contributed by atoms with Crippen molar-refractivity contribution in [3.05, 3.63) is 12.2 Å². The molecule has 0 aliphatic heterocycles. The molecule has 0 aromatic rings. The third-order valence-corrected chi connectivity index (χ3v) is 1.98. The summed E-state index contributed by atoms with van der Waals surface area (Å²) in [7, 11) is 0. The second-order valence-corrected chi connectivity index (χ2v) is 2.72. The van der Waals surface area contributed by atoms with Gasteiger partial charge in [0.05, 0.1) is 0 Å². The summed E-state index contributed by atoms with van der Waals surface area (Å²) in [5.41, 5.74) is 12.4. The van der Waals surface area contributed by atoms with Crippen LogP contribution < -0.4 is 11.5 Å². The highest BCUT2D eigenvalue weighted by atomic mass is 14.7. The highest BCUT2D eigenvalue weighted by Gasteiger charge is 2.19. The molecule has 1 fully saturated rings. The molecule has 1 rings (SSSR count). The zero-order chi connectivity index (χ0) is 6.85. The SMILES string of the molecule is C=C1[C@H](N)CCC[C@H]1N. The quantitative estimate of drug-likeness (QED) is 0.461. The van der Waals surface area contributed by atoms with Crippen LogP contribution in [-0.2, 0) is 0 Å². The van der Waals surface area contributed by atoms with Gasteiger partial charge < -0.3 is 11.5 Å². The first kappa shape index (κ1) is 6.78. The van der Waals surface area contributed by atoms with E-state index in [9.17, 15) is 0 Å². The van der Waals surface area contributed by atoms with Crippen LogP contribution in [-0.4, -0.2) is 12.1 Å². The predicted molar refractivity (Wildman–Crippen MR) is 38.9 cm³/mol. The molecule has 2 nitrogen and oxygen atoms in total. The maximum atomic E-state index is 5.69. The maximum Gasteiger partial charge on any atom is 0.0266 e. The molecule has 0 saturated heterocycles. The van der Waals surface area contributed by atoms with Gasteiger partial charge in [0.15, 0.2) is 0 Å². The average Bonchev–Trinajstić information content (AvgIpc) is 1.83. The molecule has 2 heteroatoms. The minimum Gasteiger partial charge on any atom is -0.324 e. The normalized spacial score (nSPS) is 36.9. The van der Waals surface area contributed by atoms with Crippen LogP contribution in [0.3, 0.4) is 0 Å². The van der Waals surface area contributed by atoms with Gasteiger partial charge in [-0.05, 0) is 24.8 Å². The van der Waals surface area contributed by atoms with Gasteiger partial charge in [0.1, 0.15) is 0 Å². The van der Waals surface area contributed by atoms with E-state index < -0.39 is 0 Å². The van der Waals surface area contributed by atoms with Crippen LogP contribution in [0.4, 0.5) is 0 Å².